The van der Waals surface area contributed by atoms with Crippen molar-refractivity contribution in [2.24, 2.45) is 0 Å². The van der Waals surface area contributed by atoms with Crippen molar-refractivity contribution in [2.75, 3.05) is 12.3 Å². The maximum Gasteiger partial charge on any atom is 0.318 e. The first-order valence-corrected chi connectivity index (χ1v) is 7.86. The van der Waals surface area contributed by atoms with Crippen molar-refractivity contribution in [3.63, 3.8) is 0 Å². The van der Waals surface area contributed by atoms with Crippen molar-refractivity contribution in [2.45, 2.75) is 56.9 Å². The van der Waals surface area contributed by atoms with Crippen molar-refractivity contribution < 1.29 is 9.59 Å². The minimum absolute atomic E-state index is 0.0986. The zero-order valence-electron chi connectivity index (χ0n) is 11.1. The number of amides is 2. The number of hydrogen-bond donors (Lipinski definition) is 1. The highest BCUT2D eigenvalue weighted by Crippen LogP contribution is 2.37. The smallest absolute Gasteiger partial charge is 0.318 e. The van der Waals surface area contributed by atoms with Crippen LogP contribution in [0.25, 0.3) is 0 Å². The van der Waals surface area contributed by atoms with Crippen LogP contribution in [0.4, 0.5) is 4.79 Å². The van der Waals surface area contributed by atoms with Gasteiger partial charge in [-0.15, -0.1) is 0 Å². The van der Waals surface area contributed by atoms with E-state index < -0.39 is 0 Å². The number of carbonyl (C=O) groups excluding carboxylic acids is 2. The average molecular weight is 270 g/mol. The van der Waals surface area contributed by atoms with E-state index in [1.54, 1.807) is 6.92 Å². The fourth-order valence-corrected chi connectivity index (χ4v) is 4.54. The molecule has 0 aliphatic carbocycles. The second-order valence-corrected chi connectivity index (χ2v) is 6.42. The van der Waals surface area contributed by atoms with Crippen LogP contribution in [0.15, 0.2) is 0 Å². The quantitative estimate of drug-likeness (QED) is 0.593. The number of nitrogens with one attached hydrogen (secondary N) is 1. The van der Waals surface area contributed by atoms with Crippen LogP contribution in [0.5, 0.6) is 0 Å². The summed E-state index contributed by atoms with van der Waals surface area (Å²) in [6.07, 6.45) is 3.88. The third-order valence-electron chi connectivity index (χ3n) is 3.82. The Bertz CT molecular complexity index is 335. The Balaban J connectivity index is 1.83. The number of urea groups is 1. The molecule has 0 aromatic rings. The van der Waals surface area contributed by atoms with Crippen LogP contribution >= 0.6 is 11.8 Å². The first-order chi connectivity index (χ1) is 8.63. The normalized spacial score (nSPS) is 30.4. The Morgan fingerprint density at radius 3 is 2.94 bits per heavy atom. The van der Waals surface area contributed by atoms with Crippen LogP contribution in [-0.2, 0) is 4.79 Å². The van der Waals surface area contributed by atoms with E-state index in [1.165, 1.54) is 0 Å². The van der Waals surface area contributed by atoms with Gasteiger partial charge in [-0.1, -0.05) is 6.42 Å². The molecule has 0 saturated carbocycles. The number of rotatable bonds is 6. The molecule has 1 N–H and O–H groups in total. The van der Waals surface area contributed by atoms with Crippen molar-refractivity contribution in [3.05, 3.63) is 0 Å². The minimum Gasteiger partial charge on any atom is -0.332 e. The summed E-state index contributed by atoms with van der Waals surface area (Å²) in [5.41, 5.74) is 0. The predicted octanol–water partition coefficient (Wildman–Crippen LogP) is 2.03. The molecule has 102 valence electrons. The molecule has 0 aromatic heterocycles. The molecule has 0 aromatic carbocycles. The zero-order valence-corrected chi connectivity index (χ0v) is 12.0. The molecule has 0 spiro atoms. The highest BCUT2D eigenvalue weighted by molar-refractivity contribution is 8.00. The number of hydrogen-bond acceptors (Lipinski definition) is 3. The molecule has 5 heteroatoms. The Kier molecular flexibility index (Phi) is 4.54. The lowest BCUT2D eigenvalue weighted by Gasteiger charge is -2.26. The first kappa shape index (κ1) is 13.7. The number of unbranched alkanes of at least 4 members (excludes halogenated alkanes) is 1. The van der Waals surface area contributed by atoms with Gasteiger partial charge in [0.25, 0.3) is 0 Å². The number of nitrogens with zero attached hydrogens (tertiary/aromatic N) is 1. The van der Waals surface area contributed by atoms with Gasteiger partial charge in [-0.2, -0.15) is 11.8 Å². The van der Waals surface area contributed by atoms with Crippen LogP contribution in [0.2, 0.25) is 0 Å². The van der Waals surface area contributed by atoms with Gasteiger partial charge in [0.1, 0.15) is 5.78 Å². The Morgan fingerprint density at radius 2 is 2.28 bits per heavy atom. The third-order valence-corrected chi connectivity index (χ3v) is 5.32. The third kappa shape index (κ3) is 2.82. The summed E-state index contributed by atoms with van der Waals surface area (Å²) >= 11 is 1.97. The molecule has 18 heavy (non-hydrogen) atoms. The number of Topliss-reactive ketones (excluding diaryl/α,β-unsaturated/α-hetero) is 1. The number of carbonyl (C=O) groups is 2. The van der Waals surface area contributed by atoms with Crippen molar-refractivity contribution >= 4 is 23.6 Å². The predicted molar refractivity (Wildman–Crippen MR) is 73.9 cm³/mol. The first-order valence-electron chi connectivity index (χ1n) is 6.81. The summed E-state index contributed by atoms with van der Waals surface area (Å²) in [4.78, 5) is 24.6. The lowest BCUT2D eigenvalue weighted by Crippen LogP contribution is -2.40. The Hall–Kier alpha value is -0.710. The van der Waals surface area contributed by atoms with E-state index in [0.717, 1.165) is 31.6 Å². The molecular weight excluding hydrogens is 248 g/mol. The van der Waals surface area contributed by atoms with E-state index >= 15 is 0 Å². The molecule has 4 nitrogen and oxygen atoms in total. The van der Waals surface area contributed by atoms with Crippen LogP contribution in [0.1, 0.15) is 39.5 Å². The van der Waals surface area contributed by atoms with Crippen molar-refractivity contribution in [1.29, 1.82) is 0 Å². The van der Waals surface area contributed by atoms with Gasteiger partial charge in [0, 0.05) is 24.0 Å². The maximum absolute atomic E-state index is 11.7. The van der Waals surface area contributed by atoms with E-state index in [-0.39, 0.29) is 11.8 Å². The van der Waals surface area contributed by atoms with Crippen LogP contribution in [0.3, 0.4) is 0 Å². The van der Waals surface area contributed by atoms with Gasteiger partial charge in [-0.3, -0.25) is 0 Å². The van der Waals surface area contributed by atoms with Crippen LogP contribution in [-0.4, -0.2) is 46.3 Å². The van der Waals surface area contributed by atoms with Gasteiger partial charge in [-0.05, 0) is 26.7 Å². The van der Waals surface area contributed by atoms with E-state index in [9.17, 15) is 9.59 Å². The van der Waals surface area contributed by atoms with E-state index in [4.69, 9.17) is 0 Å². The topological polar surface area (TPSA) is 49.4 Å². The SMILES string of the molecule is CCN1C(=O)N[C@H]2CS[C@@H](CCCCC(C)=O)[C@H]21. The largest absolute Gasteiger partial charge is 0.332 e. The van der Waals surface area contributed by atoms with Crippen molar-refractivity contribution in [1.82, 2.24) is 10.2 Å². The molecule has 2 amide bonds. The van der Waals surface area contributed by atoms with E-state index in [0.29, 0.717) is 23.8 Å². The summed E-state index contributed by atoms with van der Waals surface area (Å²) in [5.74, 6) is 1.31. The number of ketones is 1. The van der Waals surface area contributed by atoms with Crippen LogP contribution < -0.4 is 5.32 Å². The molecule has 2 aliphatic rings. The number of likely N-dealkylation sites (N-methyl/N-ethyl adjacent to an activating group) is 1. The molecule has 2 rings (SSSR count). The summed E-state index contributed by atoms with van der Waals surface area (Å²) in [7, 11) is 0. The molecule has 0 radical (unpaired) electrons. The summed E-state index contributed by atoms with van der Waals surface area (Å²) in [6.45, 7) is 4.48. The van der Waals surface area contributed by atoms with Crippen molar-refractivity contribution in [3.8, 4) is 0 Å². The maximum atomic E-state index is 11.7. The van der Waals surface area contributed by atoms with E-state index in [1.807, 2.05) is 23.6 Å². The van der Waals surface area contributed by atoms with Gasteiger partial charge in [0.15, 0.2) is 0 Å². The van der Waals surface area contributed by atoms with Gasteiger partial charge in [0.2, 0.25) is 0 Å². The van der Waals surface area contributed by atoms with Crippen LogP contribution in [0, 0.1) is 0 Å². The monoisotopic (exact) mass is 270 g/mol. The zero-order chi connectivity index (χ0) is 13.1. The van der Waals surface area contributed by atoms with E-state index in [2.05, 4.69) is 5.32 Å². The molecule has 2 saturated heterocycles. The molecular formula is C13H22N2O2S. The average Bonchev–Trinajstić information content (AvgIpc) is 2.82. The minimum atomic E-state index is 0.0986. The molecule has 2 heterocycles. The molecule has 0 bridgehead atoms. The molecule has 0 unspecified atom stereocenters. The van der Waals surface area contributed by atoms with Gasteiger partial charge in [0.05, 0.1) is 12.1 Å². The highest BCUT2D eigenvalue weighted by Gasteiger charge is 2.47. The second kappa shape index (κ2) is 5.95. The Morgan fingerprint density at radius 1 is 1.50 bits per heavy atom. The Labute approximate surface area is 113 Å². The summed E-state index contributed by atoms with van der Waals surface area (Å²) in [5, 5.41) is 3.61. The summed E-state index contributed by atoms with van der Waals surface area (Å²) < 4.78 is 0. The number of fused-ring (bicyclic) bond motifs is 1. The van der Waals surface area contributed by atoms with Gasteiger partial charge >= 0.3 is 6.03 Å². The standard InChI is InChI=1S/C13H22N2O2S/c1-3-15-12-10(14-13(15)17)8-18-11(12)7-5-4-6-9(2)16/h10-12H,3-8H2,1-2H3,(H,14,17)/t10-,11-,12-/m0/s1. The lowest BCUT2D eigenvalue weighted by atomic mass is 10.0. The lowest BCUT2D eigenvalue weighted by molar-refractivity contribution is -0.117. The fourth-order valence-electron chi connectivity index (χ4n) is 2.93. The summed E-state index contributed by atoms with van der Waals surface area (Å²) in [6, 6.07) is 0.798. The molecule has 2 fully saturated rings. The number of thioether (sulfide) groups is 1. The molecule has 2 aliphatic heterocycles. The second-order valence-electron chi connectivity index (χ2n) is 5.15. The molecule has 3 atom stereocenters. The fraction of sp³-hybridized carbons (Fsp3) is 0.846. The van der Waals surface area contributed by atoms with Gasteiger partial charge < -0.3 is 15.0 Å². The van der Waals surface area contributed by atoms with Gasteiger partial charge in [-0.25, -0.2) is 4.79 Å². The highest BCUT2D eigenvalue weighted by atomic mass is 32.2.